The normalized spacial score (nSPS) is 22.7. The highest BCUT2D eigenvalue weighted by molar-refractivity contribution is 9.10. The second-order valence-electron chi connectivity index (χ2n) is 5.43. The van der Waals surface area contributed by atoms with E-state index in [2.05, 4.69) is 32.2 Å². The van der Waals surface area contributed by atoms with E-state index in [9.17, 15) is 0 Å². The van der Waals surface area contributed by atoms with Crippen molar-refractivity contribution in [2.75, 3.05) is 24.5 Å². The maximum Gasteiger partial charge on any atom is 0.0526 e. The molecule has 1 heterocycles. The molecule has 18 heavy (non-hydrogen) atoms. The molecule has 0 radical (unpaired) electrons. The zero-order valence-electron chi connectivity index (χ0n) is 10.4. The number of rotatable bonds is 1. The first kappa shape index (κ1) is 12.8. The van der Waals surface area contributed by atoms with Crippen molar-refractivity contribution >= 4 is 33.2 Å². The smallest absolute Gasteiger partial charge is 0.0526 e. The Morgan fingerprint density at radius 1 is 1.28 bits per heavy atom. The average Bonchev–Trinajstić information content (AvgIpc) is 2.80. The van der Waals surface area contributed by atoms with Crippen molar-refractivity contribution in [3.63, 3.8) is 0 Å². The quantitative estimate of drug-likeness (QED) is 0.842. The minimum Gasteiger partial charge on any atom is -0.367 e. The van der Waals surface area contributed by atoms with Crippen LogP contribution in [0.2, 0.25) is 5.02 Å². The Labute approximate surface area is 122 Å². The van der Waals surface area contributed by atoms with E-state index < -0.39 is 0 Å². The second-order valence-corrected chi connectivity index (χ2v) is 6.72. The van der Waals surface area contributed by atoms with E-state index in [1.807, 2.05) is 12.1 Å². The maximum atomic E-state index is 6.12. The van der Waals surface area contributed by atoms with E-state index in [0.29, 0.717) is 5.54 Å². The summed E-state index contributed by atoms with van der Waals surface area (Å²) in [6, 6.07) is 6.04. The molecule has 98 valence electrons. The van der Waals surface area contributed by atoms with E-state index in [-0.39, 0.29) is 0 Å². The Morgan fingerprint density at radius 3 is 2.83 bits per heavy atom. The lowest BCUT2D eigenvalue weighted by molar-refractivity contribution is 0.304. The van der Waals surface area contributed by atoms with Crippen molar-refractivity contribution in [3.8, 4) is 0 Å². The van der Waals surface area contributed by atoms with Crippen molar-refractivity contribution in [1.82, 2.24) is 5.32 Å². The van der Waals surface area contributed by atoms with E-state index >= 15 is 0 Å². The largest absolute Gasteiger partial charge is 0.367 e. The van der Waals surface area contributed by atoms with Gasteiger partial charge in [-0.2, -0.15) is 0 Å². The van der Waals surface area contributed by atoms with Gasteiger partial charge < -0.3 is 10.2 Å². The van der Waals surface area contributed by atoms with E-state index in [0.717, 1.165) is 29.1 Å². The molecule has 0 unspecified atom stereocenters. The lowest BCUT2D eigenvalue weighted by atomic mass is 9.94. The second kappa shape index (κ2) is 5.03. The molecule has 2 fully saturated rings. The predicted octanol–water partition coefficient (Wildman–Crippen LogP) is 3.82. The molecule has 1 saturated heterocycles. The van der Waals surface area contributed by atoms with Gasteiger partial charge in [0.2, 0.25) is 0 Å². The summed E-state index contributed by atoms with van der Waals surface area (Å²) in [5, 5.41) is 4.55. The van der Waals surface area contributed by atoms with Gasteiger partial charge in [0.15, 0.2) is 0 Å². The van der Waals surface area contributed by atoms with Gasteiger partial charge in [-0.1, -0.05) is 24.4 Å². The number of nitrogens with zero attached hydrogens (tertiary/aromatic N) is 1. The summed E-state index contributed by atoms with van der Waals surface area (Å²) in [7, 11) is 0. The molecule has 1 aliphatic carbocycles. The highest BCUT2D eigenvalue weighted by atomic mass is 79.9. The van der Waals surface area contributed by atoms with Crippen LogP contribution in [-0.4, -0.2) is 25.2 Å². The van der Waals surface area contributed by atoms with Gasteiger partial charge in [-0.25, -0.2) is 0 Å². The minimum absolute atomic E-state index is 0.347. The number of anilines is 1. The maximum absolute atomic E-state index is 6.12. The van der Waals surface area contributed by atoms with Crippen molar-refractivity contribution in [2.24, 2.45) is 0 Å². The first-order valence-corrected chi connectivity index (χ1v) is 7.81. The molecule has 4 heteroatoms. The molecular weight excluding hydrogens is 312 g/mol. The number of nitrogens with one attached hydrogen (secondary N) is 1. The monoisotopic (exact) mass is 328 g/mol. The standard InChI is InChI=1S/C14H18BrClN2/c15-12-4-3-11(16)9-13(12)18-8-7-17-14(10-18)5-1-2-6-14/h3-4,9,17H,1-2,5-8,10H2. The zero-order valence-corrected chi connectivity index (χ0v) is 12.7. The molecule has 2 aliphatic rings. The number of benzene rings is 1. The molecule has 0 amide bonds. The first-order chi connectivity index (χ1) is 8.69. The summed E-state index contributed by atoms with van der Waals surface area (Å²) in [4.78, 5) is 2.47. The lowest BCUT2D eigenvalue weighted by Gasteiger charge is -2.43. The molecule has 3 rings (SSSR count). The van der Waals surface area contributed by atoms with Crippen molar-refractivity contribution in [3.05, 3.63) is 27.7 Å². The van der Waals surface area contributed by atoms with Crippen LogP contribution in [0.15, 0.2) is 22.7 Å². The van der Waals surface area contributed by atoms with E-state index in [1.54, 1.807) is 0 Å². The third kappa shape index (κ3) is 2.40. The molecule has 1 N–H and O–H groups in total. The Bertz CT molecular complexity index is 443. The fourth-order valence-electron chi connectivity index (χ4n) is 3.28. The van der Waals surface area contributed by atoms with Crippen molar-refractivity contribution in [1.29, 1.82) is 0 Å². The molecule has 1 aliphatic heterocycles. The molecule has 0 atom stereocenters. The molecule has 0 bridgehead atoms. The van der Waals surface area contributed by atoms with Gasteiger partial charge in [-0.05, 0) is 47.0 Å². The summed E-state index contributed by atoms with van der Waals surface area (Å²) in [6.45, 7) is 3.23. The van der Waals surface area contributed by atoms with Gasteiger partial charge in [0.05, 0.1) is 5.69 Å². The predicted molar refractivity (Wildman–Crippen MR) is 80.6 cm³/mol. The van der Waals surface area contributed by atoms with Crippen LogP contribution < -0.4 is 10.2 Å². The first-order valence-electron chi connectivity index (χ1n) is 6.64. The molecule has 1 aromatic carbocycles. The van der Waals surface area contributed by atoms with Gasteiger partial charge in [0.1, 0.15) is 0 Å². The molecule has 1 spiro atoms. The van der Waals surface area contributed by atoms with Crippen molar-refractivity contribution in [2.45, 2.75) is 31.2 Å². The fourth-order valence-corrected chi connectivity index (χ4v) is 3.94. The van der Waals surface area contributed by atoms with Gasteiger partial charge in [-0.3, -0.25) is 0 Å². The highest BCUT2D eigenvalue weighted by Gasteiger charge is 2.37. The molecular formula is C14H18BrClN2. The number of hydrogen-bond acceptors (Lipinski definition) is 2. The Kier molecular flexibility index (Phi) is 3.57. The Hall–Kier alpha value is -0.250. The summed E-state index contributed by atoms with van der Waals surface area (Å²) in [5.74, 6) is 0. The van der Waals surface area contributed by atoms with Gasteiger partial charge in [0, 0.05) is 34.7 Å². The summed E-state index contributed by atoms with van der Waals surface area (Å²) in [5.41, 5.74) is 1.58. The molecule has 0 aromatic heterocycles. The van der Waals surface area contributed by atoms with Crippen LogP contribution >= 0.6 is 27.5 Å². The van der Waals surface area contributed by atoms with Crippen molar-refractivity contribution < 1.29 is 0 Å². The van der Waals surface area contributed by atoms with Gasteiger partial charge in [-0.15, -0.1) is 0 Å². The molecule has 1 saturated carbocycles. The minimum atomic E-state index is 0.347. The highest BCUT2D eigenvalue weighted by Crippen LogP contribution is 2.36. The Balaban J connectivity index is 1.85. The van der Waals surface area contributed by atoms with E-state index in [4.69, 9.17) is 11.6 Å². The number of halogens is 2. The van der Waals surface area contributed by atoms with Crippen LogP contribution in [0.1, 0.15) is 25.7 Å². The summed E-state index contributed by atoms with van der Waals surface area (Å²) < 4.78 is 1.14. The van der Waals surface area contributed by atoms with Crippen LogP contribution in [0.3, 0.4) is 0 Å². The van der Waals surface area contributed by atoms with Gasteiger partial charge in [0.25, 0.3) is 0 Å². The molecule has 2 nitrogen and oxygen atoms in total. The van der Waals surface area contributed by atoms with Crippen LogP contribution in [0.25, 0.3) is 0 Å². The number of hydrogen-bond donors (Lipinski definition) is 1. The molecule has 1 aromatic rings. The topological polar surface area (TPSA) is 15.3 Å². The average molecular weight is 330 g/mol. The van der Waals surface area contributed by atoms with Crippen LogP contribution in [-0.2, 0) is 0 Å². The lowest BCUT2D eigenvalue weighted by Crippen LogP contribution is -2.59. The van der Waals surface area contributed by atoms with Gasteiger partial charge >= 0.3 is 0 Å². The Morgan fingerprint density at radius 2 is 2.06 bits per heavy atom. The van der Waals surface area contributed by atoms with Crippen LogP contribution in [0.5, 0.6) is 0 Å². The number of piperazine rings is 1. The third-order valence-electron chi connectivity index (χ3n) is 4.18. The van der Waals surface area contributed by atoms with Crippen LogP contribution in [0.4, 0.5) is 5.69 Å². The van der Waals surface area contributed by atoms with Crippen LogP contribution in [0, 0.1) is 0 Å². The zero-order chi connectivity index (χ0) is 12.6. The third-order valence-corrected chi connectivity index (χ3v) is 5.09. The SMILES string of the molecule is Clc1ccc(Br)c(N2CCNC3(CCCC3)C2)c1. The van der Waals surface area contributed by atoms with E-state index in [1.165, 1.54) is 31.4 Å². The fraction of sp³-hybridized carbons (Fsp3) is 0.571. The summed E-state index contributed by atoms with van der Waals surface area (Å²) in [6.07, 6.45) is 5.33. The summed E-state index contributed by atoms with van der Waals surface area (Å²) >= 11 is 9.77.